The molecule has 5 nitrogen and oxygen atoms in total. The number of benzene rings is 1. The van der Waals surface area contributed by atoms with Gasteiger partial charge in [0.25, 0.3) is 0 Å². The summed E-state index contributed by atoms with van der Waals surface area (Å²) in [6.45, 7) is 0. The first-order valence-electron chi connectivity index (χ1n) is 5.87. The van der Waals surface area contributed by atoms with Gasteiger partial charge in [0.1, 0.15) is 0 Å². The Morgan fingerprint density at radius 2 is 1.68 bits per heavy atom. The molecule has 0 saturated heterocycles. The average molecular weight is 264 g/mol. The lowest BCUT2D eigenvalue weighted by Crippen LogP contribution is -2.06. The Kier molecular flexibility index (Phi) is 5.73. The van der Waals surface area contributed by atoms with Crippen molar-refractivity contribution in [3.05, 3.63) is 35.4 Å². The highest BCUT2D eigenvalue weighted by Crippen LogP contribution is 2.11. The third kappa shape index (κ3) is 4.54. The molecule has 0 aliphatic carbocycles. The van der Waals surface area contributed by atoms with Gasteiger partial charge in [0, 0.05) is 18.4 Å². The van der Waals surface area contributed by atoms with E-state index in [1.54, 1.807) is 18.2 Å². The van der Waals surface area contributed by atoms with E-state index in [1.807, 2.05) is 0 Å². The van der Waals surface area contributed by atoms with Crippen LogP contribution in [0.3, 0.4) is 0 Å². The zero-order valence-electron chi connectivity index (χ0n) is 11.0. The molecular weight excluding hydrogens is 248 g/mol. The molecule has 0 aliphatic rings. The number of methoxy groups -OCH3 is 2. The largest absolute Gasteiger partial charge is 0.469 e. The van der Waals surface area contributed by atoms with Gasteiger partial charge in [-0.1, -0.05) is 12.1 Å². The first-order valence-corrected chi connectivity index (χ1v) is 5.87. The maximum absolute atomic E-state index is 11.9. The number of ether oxygens (including phenoxy) is 2. The Balaban J connectivity index is 2.62. The van der Waals surface area contributed by atoms with E-state index in [-0.39, 0.29) is 24.6 Å². The third-order valence-corrected chi connectivity index (χ3v) is 2.62. The molecule has 0 N–H and O–H groups in total. The summed E-state index contributed by atoms with van der Waals surface area (Å²) in [5.74, 6) is -0.935. The monoisotopic (exact) mass is 264 g/mol. The van der Waals surface area contributed by atoms with E-state index in [2.05, 4.69) is 9.47 Å². The normalized spacial score (nSPS) is 9.79. The van der Waals surface area contributed by atoms with E-state index in [0.29, 0.717) is 17.5 Å². The van der Waals surface area contributed by atoms with Gasteiger partial charge in [-0.2, -0.15) is 0 Å². The molecule has 0 aromatic heterocycles. The molecule has 1 aromatic carbocycles. The van der Waals surface area contributed by atoms with Gasteiger partial charge in [0.05, 0.1) is 19.8 Å². The molecule has 0 spiro atoms. The van der Waals surface area contributed by atoms with Crippen molar-refractivity contribution < 1.29 is 23.9 Å². The van der Waals surface area contributed by atoms with Crippen LogP contribution in [0.1, 0.15) is 40.0 Å². The van der Waals surface area contributed by atoms with Gasteiger partial charge >= 0.3 is 11.9 Å². The van der Waals surface area contributed by atoms with Crippen molar-refractivity contribution in [2.75, 3.05) is 14.2 Å². The lowest BCUT2D eigenvalue weighted by atomic mass is 10.0. The van der Waals surface area contributed by atoms with Gasteiger partial charge in [-0.3, -0.25) is 9.59 Å². The molecule has 0 fully saturated rings. The Labute approximate surface area is 111 Å². The molecule has 0 amide bonds. The van der Waals surface area contributed by atoms with E-state index in [0.717, 1.165) is 0 Å². The predicted octanol–water partition coefficient (Wildman–Crippen LogP) is 2.00. The van der Waals surface area contributed by atoms with Crippen LogP contribution < -0.4 is 0 Å². The molecule has 0 bridgehead atoms. The van der Waals surface area contributed by atoms with E-state index in [9.17, 15) is 14.4 Å². The minimum atomic E-state index is -0.482. The number of hydrogen-bond donors (Lipinski definition) is 0. The highest BCUT2D eigenvalue weighted by atomic mass is 16.5. The van der Waals surface area contributed by atoms with Crippen molar-refractivity contribution in [2.24, 2.45) is 0 Å². The van der Waals surface area contributed by atoms with Crippen molar-refractivity contribution >= 4 is 17.7 Å². The zero-order valence-corrected chi connectivity index (χ0v) is 11.0. The summed E-state index contributed by atoms with van der Waals surface area (Å²) in [5.41, 5.74) is 0.772. The molecule has 0 heterocycles. The molecule has 102 valence electrons. The highest BCUT2D eigenvalue weighted by molar-refractivity contribution is 5.99. The van der Waals surface area contributed by atoms with Gasteiger partial charge in [-0.25, -0.2) is 4.79 Å². The summed E-state index contributed by atoms with van der Waals surface area (Å²) in [5, 5.41) is 0. The van der Waals surface area contributed by atoms with E-state index in [4.69, 9.17) is 0 Å². The van der Waals surface area contributed by atoms with Crippen LogP contribution in [0.5, 0.6) is 0 Å². The van der Waals surface area contributed by atoms with Gasteiger partial charge in [0.2, 0.25) is 0 Å². The number of ketones is 1. The topological polar surface area (TPSA) is 69.7 Å². The predicted molar refractivity (Wildman–Crippen MR) is 68.0 cm³/mol. The van der Waals surface area contributed by atoms with Crippen LogP contribution in [-0.2, 0) is 14.3 Å². The van der Waals surface area contributed by atoms with Gasteiger partial charge in [-0.15, -0.1) is 0 Å². The number of carbonyl (C=O) groups is 3. The maximum Gasteiger partial charge on any atom is 0.337 e. The summed E-state index contributed by atoms with van der Waals surface area (Å²) in [6.07, 6.45) is 0.868. The lowest BCUT2D eigenvalue weighted by Gasteiger charge is -2.03. The molecular formula is C14H16O5. The van der Waals surface area contributed by atoms with Gasteiger partial charge < -0.3 is 9.47 Å². The summed E-state index contributed by atoms with van der Waals surface area (Å²) in [6, 6.07) is 6.33. The Morgan fingerprint density at radius 1 is 1.00 bits per heavy atom. The average Bonchev–Trinajstić information content (AvgIpc) is 2.46. The molecule has 19 heavy (non-hydrogen) atoms. The Bertz CT molecular complexity index is 478. The third-order valence-electron chi connectivity index (χ3n) is 2.62. The minimum absolute atomic E-state index is 0.116. The lowest BCUT2D eigenvalue weighted by molar-refractivity contribution is -0.140. The minimum Gasteiger partial charge on any atom is -0.469 e. The van der Waals surface area contributed by atoms with Crippen LogP contribution >= 0.6 is 0 Å². The standard InChI is InChI=1S/C14H16O5/c1-18-13(16)8-4-7-12(15)10-5-3-6-11(9-10)14(17)19-2/h3,5-6,9H,4,7-8H2,1-2H3. The second kappa shape index (κ2) is 7.31. The molecule has 1 aromatic rings. The van der Waals surface area contributed by atoms with E-state index < -0.39 is 5.97 Å². The van der Waals surface area contributed by atoms with Crippen LogP contribution in [0.2, 0.25) is 0 Å². The fourth-order valence-electron chi connectivity index (χ4n) is 1.58. The molecule has 0 saturated carbocycles. The van der Waals surface area contributed by atoms with Crippen LogP contribution in [0, 0.1) is 0 Å². The van der Waals surface area contributed by atoms with Crippen molar-refractivity contribution in [1.29, 1.82) is 0 Å². The molecule has 5 heteroatoms. The van der Waals surface area contributed by atoms with Crippen LogP contribution in [0.4, 0.5) is 0 Å². The number of Topliss-reactive ketones (excluding diaryl/α,β-unsaturated/α-hetero) is 1. The van der Waals surface area contributed by atoms with Crippen LogP contribution in [0.15, 0.2) is 24.3 Å². The molecule has 1 rings (SSSR count). The van der Waals surface area contributed by atoms with Crippen LogP contribution in [-0.4, -0.2) is 31.9 Å². The fourth-order valence-corrected chi connectivity index (χ4v) is 1.58. The number of rotatable bonds is 6. The highest BCUT2D eigenvalue weighted by Gasteiger charge is 2.11. The Hall–Kier alpha value is -2.17. The number of esters is 2. The van der Waals surface area contributed by atoms with Crippen LogP contribution in [0.25, 0.3) is 0 Å². The van der Waals surface area contributed by atoms with E-state index >= 15 is 0 Å². The van der Waals surface area contributed by atoms with Crippen molar-refractivity contribution in [3.63, 3.8) is 0 Å². The summed E-state index contributed by atoms with van der Waals surface area (Å²) in [4.78, 5) is 34.1. The zero-order chi connectivity index (χ0) is 14.3. The van der Waals surface area contributed by atoms with Gasteiger partial charge in [0.15, 0.2) is 5.78 Å². The number of hydrogen-bond acceptors (Lipinski definition) is 5. The second-order valence-electron chi connectivity index (χ2n) is 3.93. The SMILES string of the molecule is COC(=O)CCCC(=O)c1cccc(C(=O)OC)c1. The summed E-state index contributed by atoms with van der Waals surface area (Å²) in [7, 11) is 2.59. The van der Waals surface area contributed by atoms with Gasteiger partial charge in [-0.05, 0) is 18.6 Å². The van der Waals surface area contributed by atoms with Crippen molar-refractivity contribution in [2.45, 2.75) is 19.3 Å². The first-order chi connectivity index (χ1) is 9.08. The maximum atomic E-state index is 11.9. The Morgan fingerprint density at radius 3 is 2.32 bits per heavy atom. The fraction of sp³-hybridized carbons (Fsp3) is 0.357. The quantitative estimate of drug-likeness (QED) is 0.580. The van der Waals surface area contributed by atoms with Crippen molar-refractivity contribution in [1.82, 2.24) is 0 Å². The molecule has 0 aliphatic heterocycles. The number of carbonyl (C=O) groups excluding carboxylic acids is 3. The van der Waals surface area contributed by atoms with E-state index in [1.165, 1.54) is 20.3 Å². The summed E-state index contributed by atoms with van der Waals surface area (Å²) < 4.78 is 9.08. The van der Waals surface area contributed by atoms with Crippen molar-refractivity contribution in [3.8, 4) is 0 Å². The molecule has 0 atom stereocenters. The molecule has 0 radical (unpaired) electrons. The smallest absolute Gasteiger partial charge is 0.337 e. The molecule has 0 unspecified atom stereocenters. The summed E-state index contributed by atoms with van der Waals surface area (Å²) >= 11 is 0. The second-order valence-corrected chi connectivity index (χ2v) is 3.93. The first kappa shape index (κ1) is 14.9.